The summed E-state index contributed by atoms with van der Waals surface area (Å²) in [6, 6.07) is 6.65. The van der Waals surface area contributed by atoms with Crippen LogP contribution in [-0.4, -0.2) is 84.6 Å². The van der Waals surface area contributed by atoms with Crippen molar-refractivity contribution in [2.45, 2.75) is 105 Å². The molecule has 2 aromatic heterocycles. The first-order valence-corrected chi connectivity index (χ1v) is 21.5. The molecule has 288 valence electrons. The van der Waals surface area contributed by atoms with Gasteiger partial charge in [0, 0.05) is 39.4 Å². The lowest BCUT2D eigenvalue weighted by Gasteiger charge is -2.36. The Kier molecular flexibility index (Phi) is 18.0. The maximum absolute atomic E-state index is 12.4. The first kappa shape index (κ1) is 44.1. The van der Waals surface area contributed by atoms with Gasteiger partial charge in [-0.15, -0.1) is 12.4 Å². The molecule has 4 amide bonds. The molecule has 0 saturated carbocycles. The minimum Gasteiger partial charge on any atom is -0.542 e. The number of hydrogen-bond acceptors (Lipinski definition) is 7. The van der Waals surface area contributed by atoms with Gasteiger partial charge in [-0.1, -0.05) is 48.5 Å². The molecule has 0 aliphatic carbocycles. The molecular weight excluding hydrogens is 684 g/mol. The van der Waals surface area contributed by atoms with Crippen molar-refractivity contribution < 1.29 is 23.9 Å². The number of piperidine rings is 2. The Labute approximate surface area is 314 Å². The maximum atomic E-state index is 12.4. The standard InChI is InChI=1S/C20H35N3O2Si.C14H21N3O2.C4H8O.ClH/c1-15(2)16-10-12-23(13-11-16)19(24)22-18-9-8-17(14-21-18)25-26(6,7)20(3,4)5;1-10(2)11-5-7-17(8-6-11)14(19)16-13-4-3-12(18)9-15-13;1-2-4-5-3-1;/h8-9,14-16H,10-13H2,1-7H3,(H,21,22,24);3-4,9-11,18H,5-8H2,1-2H3,(H,15,16,19);1-4H2;1H. The average Bonchev–Trinajstić information content (AvgIpc) is 3.67. The van der Waals surface area contributed by atoms with Crippen molar-refractivity contribution in [3.63, 3.8) is 0 Å². The number of anilines is 2. The molecule has 51 heavy (non-hydrogen) atoms. The molecular formula is C38H65ClN6O5Si. The zero-order valence-electron chi connectivity index (χ0n) is 32.5. The van der Waals surface area contributed by atoms with E-state index in [2.05, 4.69) is 82.2 Å². The number of nitrogens with zero attached hydrogens (tertiary/aromatic N) is 4. The number of likely N-dealkylation sites (tertiary alicyclic amines) is 2. The minimum absolute atomic E-state index is 0. The van der Waals surface area contributed by atoms with E-state index in [0.29, 0.717) is 23.5 Å². The monoisotopic (exact) mass is 748 g/mol. The molecule has 3 aliphatic rings. The lowest BCUT2D eigenvalue weighted by Crippen LogP contribution is -2.43. The van der Waals surface area contributed by atoms with Crippen LogP contribution in [0.3, 0.4) is 0 Å². The van der Waals surface area contributed by atoms with Gasteiger partial charge in [0.15, 0.2) is 0 Å². The van der Waals surface area contributed by atoms with Crippen molar-refractivity contribution in [1.29, 1.82) is 0 Å². The first-order valence-electron chi connectivity index (χ1n) is 18.6. The topological polar surface area (TPSA) is 129 Å². The molecule has 0 aromatic carbocycles. The summed E-state index contributed by atoms with van der Waals surface area (Å²) in [6.45, 7) is 25.3. The van der Waals surface area contributed by atoms with Crippen LogP contribution in [0, 0.1) is 23.7 Å². The second kappa shape index (κ2) is 20.8. The Morgan fingerprint density at radius 3 is 1.55 bits per heavy atom. The summed E-state index contributed by atoms with van der Waals surface area (Å²) in [6.07, 6.45) is 9.87. The van der Waals surface area contributed by atoms with E-state index in [0.717, 1.165) is 82.7 Å². The van der Waals surface area contributed by atoms with Crippen LogP contribution >= 0.6 is 12.4 Å². The number of urea groups is 2. The predicted octanol–water partition coefficient (Wildman–Crippen LogP) is 9.27. The highest BCUT2D eigenvalue weighted by Crippen LogP contribution is 2.37. The molecule has 3 saturated heterocycles. The molecule has 0 radical (unpaired) electrons. The van der Waals surface area contributed by atoms with Crippen LogP contribution in [0.1, 0.15) is 87.0 Å². The SMILES string of the molecule is C1CCOC1.CC(C)C1CCN(C(=O)Nc2ccc(O)cn2)CC1.CC(C)C1CCN(C(=O)Nc2ccc(O[Si](C)(C)C(C)(C)C)cn2)CC1.Cl. The average molecular weight is 750 g/mol. The molecule has 2 aromatic rings. The summed E-state index contributed by atoms with van der Waals surface area (Å²) in [5.74, 6) is 4.72. The molecule has 0 spiro atoms. The van der Waals surface area contributed by atoms with E-state index >= 15 is 0 Å². The highest BCUT2D eigenvalue weighted by Gasteiger charge is 2.39. The quantitative estimate of drug-likeness (QED) is 0.251. The molecule has 5 heterocycles. The Hall–Kier alpha value is -3.09. The molecule has 3 aliphatic heterocycles. The van der Waals surface area contributed by atoms with Crippen LogP contribution in [0.15, 0.2) is 36.7 Å². The third-order valence-electron chi connectivity index (χ3n) is 10.5. The van der Waals surface area contributed by atoms with Gasteiger partial charge in [-0.25, -0.2) is 19.6 Å². The third-order valence-corrected chi connectivity index (χ3v) is 14.9. The van der Waals surface area contributed by atoms with Crippen molar-refractivity contribution >= 4 is 44.4 Å². The van der Waals surface area contributed by atoms with E-state index in [1.54, 1.807) is 12.3 Å². The zero-order valence-corrected chi connectivity index (χ0v) is 34.4. The van der Waals surface area contributed by atoms with Crippen molar-refractivity contribution in [2.75, 3.05) is 50.0 Å². The summed E-state index contributed by atoms with van der Waals surface area (Å²) >= 11 is 0. The Bertz CT molecular complexity index is 1300. The van der Waals surface area contributed by atoms with Crippen LogP contribution < -0.4 is 15.1 Å². The number of ether oxygens (including phenoxy) is 1. The van der Waals surface area contributed by atoms with Crippen molar-refractivity contribution in [3.8, 4) is 11.5 Å². The molecule has 11 nitrogen and oxygen atoms in total. The molecule has 3 fully saturated rings. The number of rotatable bonds is 6. The fourth-order valence-electron chi connectivity index (χ4n) is 5.85. The number of nitrogens with one attached hydrogen (secondary N) is 2. The second-order valence-corrected chi connectivity index (χ2v) is 20.7. The Balaban J connectivity index is 0.000000314. The highest BCUT2D eigenvalue weighted by atomic mass is 35.5. The lowest BCUT2D eigenvalue weighted by atomic mass is 9.87. The van der Waals surface area contributed by atoms with Gasteiger partial charge in [0.1, 0.15) is 23.1 Å². The lowest BCUT2D eigenvalue weighted by molar-refractivity contribution is 0.166. The maximum Gasteiger partial charge on any atom is 0.323 e. The third kappa shape index (κ3) is 14.8. The number of carbonyl (C=O) groups is 2. The first-order chi connectivity index (χ1) is 23.6. The summed E-state index contributed by atoms with van der Waals surface area (Å²) in [4.78, 5) is 36.5. The van der Waals surface area contributed by atoms with Crippen LogP contribution in [0.4, 0.5) is 21.2 Å². The number of carbonyl (C=O) groups excluding carboxylic acids is 2. The summed E-state index contributed by atoms with van der Waals surface area (Å²) < 4.78 is 11.2. The number of aromatic hydroxyl groups is 1. The fraction of sp³-hybridized carbons (Fsp3) is 0.684. The molecule has 3 N–H and O–H groups in total. The smallest absolute Gasteiger partial charge is 0.323 e. The van der Waals surface area contributed by atoms with E-state index in [1.165, 1.54) is 25.1 Å². The van der Waals surface area contributed by atoms with Gasteiger partial charge >= 0.3 is 12.1 Å². The second-order valence-electron chi connectivity index (χ2n) is 16.0. The predicted molar refractivity (Wildman–Crippen MR) is 212 cm³/mol. The Morgan fingerprint density at radius 2 is 1.24 bits per heavy atom. The number of halogens is 1. The largest absolute Gasteiger partial charge is 0.542 e. The Morgan fingerprint density at radius 1 is 0.804 bits per heavy atom. The van der Waals surface area contributed by atoms with Crippen molar-refractivity contribution in [1.82, 2.24) is 19.8 Å². The van der Waals surface area contributed by atoms with Gasteiger partial charge in [-0.3, -0.25) is 10.6 Å². The number of pyridine rings is 2. The van der Waals surface area contributed by atoms with Crippen molar-refractivity contribution in [3.05, 3.63) is 36.7 Å². The van der Waals surface area contributed by atoms with Gasteiger partial charge in [-0.2, -0.15) is 0 Å². The molecule has 5 rings (SSSR count). The van der Waals surface area contributed by atoms with E-state index in [1.807, 2.05) is 21.9 Å². The van der Waals surface area contributed by atoms with Gasteiger partial charge in [0.05, 0.1) is 12.4 Å². The number of aromatic nitrogens is 2. The summed E-state index contributed by atoms with van der Waals surface area (Å²) in [7, 11) is -1.87. The van der Waals surface area contributed by atoms with Gasteiger partial charge in [-0.05, 0) is 105 Å². The van der Waals surface area contributed by atoms with E-state index in [4.69, 9.17) is 14.3 Å². The van der Waals surface area contributed by atoms with E-state index < -0.39 is 8.32 Å². The van der Waals surface area contributed by atoms with Crippen molar-refractivity contribution in [2.24, 2.45) is 23.7 Å². The molecule has 0 atom stereocenters. The van der Waals surface area contributed by atoms with Gasteiger partial charge in [0.2, 0.25) is 0 Å². The van der Waals surface area contributed by atoms with Gasteiger partial charge in [0.25, 0.3) is 8.32 Å². The molecule has 0 bridgehead atoms. The van der Waals surface area contributed by atoms with E-state index in [9.17, 15) is 9.59 Å². The molecule has 13 heteroatoms. The normalized spacial score (nSPS) is 17.1. The van der Waals surface area contributed by atoms with Crippen LogP contribution in [-0.2, 0) is 4.74 Å². The number of amides is 4. The minimum atomic E-state index is -1.87. The van der Waals surface area contributed by atoms with Gasteiger partial charge < -0.3 is 24.1 Å². The summed E-state index contributed by atoms with van der Waals surface area (Å²) in [5, 5.41) is 14.9. The highest BCUT2D eigenvalue weighted by molar-refractivity contribution is 6.74. The van der Waals surface area contributed by atoms with Crippen LogP contribution in [0.25, 0.3) is 0 Å². The van der Waals surface area contributed by atoms with Crippen LogP contribution in [0.5, 0.6) is 11.5 Å². The zero-order chi connectivity index (χ0) is 36.9. The van der Waals surface area contributed by atoms with Crippen LogP contribution in [0.2, 0.25) is 18.1 Å². The molecule has 0 unspecified atom stereocenters. The number of hydrogen-bond donors (Lipinski definition) is 3. The fourth-order valence-corrected chi connectivity index (χ4v) is 6.86. The van der Waals surface area contributed by atoms with E-state index in [-0.39, 0.29) is 35.3 Å². The summed E-state index contributed by atoms with van der Waals surface area (Å²) in [5.41, 5.74) is 0.